The summed E-state index contributed by atoms with van der Waals surface area (Å²) in [4.78, 5) is 28.3. The van der Waals surface area contributed by atoms with E-state index in [1.165, 1.54) is 18.2 Å². The van der Waals surface area contributed by atoms with Crippen LogP contribution >= 0.6 is 11.3 Å². The molecule has 256 valence electrons. The van der Waals surface area contributed by atoms with Crippen LogP contribution in [0.15, 0.2) is 36.9 Å². The van der Waals surface area contributed by atoms with Crippen molar-refractivity contribution in [2.45, 2.75) is 69.7 Å². The van der Waals surface area contributed by atoms with Crippen molar-refractivity contribution in [2.75, 3.05) is 43.4 Å². The lowest BCUT2D eigenvalue weighted by atomic mass is 9.95. The number of alkyl halides is 1. The molecule has 49 heavy (non-hydrogen) atoms. The van der Waals surface area contributed by atoms with Crippen molar-refractivity contribution >= 4 is 49.1 Å². The number of nitriles is 1. The van der Waals surface area contributed by atoms with Gasteiger partial charge in [-0.05, 0) is 62.9 Å². The molecule has 1 amide bonds. The molecule has 2 N–H and O–H groups in total. The van der Waals surface area contributed by atoms with Crippen LogP contribution < -0.4 is 15.4 Å². The maximum absolute atomic E-state index is 17.0. The van der Waals surface area contributed by atoms with E-state index in [0.29, 0.717) is 55.7 Å². The number of thiophene rings is 1. The second-order valence-electron chi connectivity index (χ2n) is 13.1. The molecule has 13 heteroatoms. The lowest BCUT2D eigenvalue weighted by Gasteiger charge is -2.35. The Kier molecular flexibility index (Phi) is 8.65. The molecule has 4 atom stereocenters. The first-order chi connectivity index (χ1) is 23.6. The Morgan fingerprint density at radius 3 is 2.78 bits per heavy atom. The number of carbonyl (C=O) groups excluding carboxylic acids is 1. The summed E-state index contributed by atoms with van der Waals surface area (Å²) in [6.45, 7) is 10.1. The van der Waals surface area contributed by atoms with Crippen LogP contribution in [-0.2, 0) is 4.79 Å². The van der Waals surface area contributed by atoms with Crippen LogP contribution in [-0.4, -0.2) is 82.3 Å². The molecule has 3 fully saturated rings. The number of rotatable bonds is 9. The Balaban J connectivity index is 1.38. The number of halogens is 3. The number of ether oxygens (including phenoxy) is 1. The highest BCUT2D eigenvalue weighted by Gasteiger charge is 2.49. The zero-order valence-corrected chi connectivity index (χ0v) is 28.3. The van der Waals surface area contributed by atoms with Crippen LogP contribution in [0.3, 0.4) is 0 Å². The molecule has 0 spiro atoms. The molecule has 3 aliphatic rings. The standard InChI is InChI=1S/C36H38F3N7O2S/c1-4-26-27(12-15-46(26)28(47)5-2)45(6-3)34-23-9-8-22(21-10-11-25(38)32-29(21)24(17-40)33(41)49-32)30(39)31(23)42-35(43-34)48-19-36-13-7-14-44(36)18-20(37)16-36/h5,8-11,20,26-27H,2,4,6-7,12-16,18-19,41H2,1,3H3/t20-,26-,27-,36+/m1/s1. The van der Waals surface area contributed by atoms with Gasteiger partial charge in [-0.15, -0.1) is 11.3 Å². The van der Waals surface area contributed by atoms with Crippen LogP contribution in [0.1, 0.15) is 51.5 Å². The van der Waals surface area contributed by atoms with Crippen molar-refractivity contribution in [3.8, 4) is 23.2 Å². The molecule has 0 saturated carbocycles. The maximum Gasteiger partial charge on any atom is 0.319 e. The molecule has 2 aromatic carbocycles. The third kappa shape index (κ3) is 5.36. The molecular formula is C36H38F3N7O2S. The summed E-state index contributed by atoms with van der Waals surface area (Å²) >= 11 is 0.947. The molecular weight excluding hydrogens is 652 g/mol. The molecule has 2 aromatic heterocycles. The molecule has 0 radical (unpaired) electrons. The van der Waals surface area contributed by atoms with E-state index in [9.17, 15) is 18.8 Å². The highest BCUT2D eigenvalue weighted by Crippen LogP contribution is 2.44. The third-order valence-corrected chi connectivity index (χ3v) is 11.6. The minimum Gasteiger partial charge on any atom is -0.461 e. The molecule has 0 aliphatic carbocycles. The van der Waals surface area contributed by atoms with Crippen molar-refractivity contribution in [3.63, 3.8) is 0 Å². The van der Waals surface area contributed by atoms with Crippen molar-refractivity contribution in [2.24, 2.45) is 0 Å². The molecule has 5 heterocycles. The van der Waals surface area contributed by atoms with E-state index in [2.05, 4.69) is 27.4 Å². The number of hydrogen-bond acceptors (Lipinski definition) is 9. The first-order valence-electron chi connectivity index (χ1n) is 16.8. The van der Waals surface area contributed by atoms with E-state index < -0.39 is 23.3 Å². The molecule has 0 unspecified atom stereocenters. The maximum atomic E-state index is 17.0. The number of benzene rings is 2. The highest BCUT2D eigenvalue weighted by molar-refractivity contribution is 7.23. The number of amides is 1. The minimum atomic E-state index is -0.945. The third-order valence-electron chi connectivity index (χ3n) is 10.6. The van der Waals surface area contributed by atoms with Gasteiger partial charge in [0.15, 0.2) is 5.82 Å². The fraction of sp³-hybridized carbons (Fsp3) is 0.444. The SMILES string of the molecule is C=CC(=O)N1CC[C@@H](N(CC)c2nc(OC[C@@]34CCCN3C[C@H](F)C4)nc3c(F)c(-c4ccc(F)c5sc(N)c(C#N)c45)ccc23)[C@H]1CC. The molecule has 3 saturated heterocycles. The van der Waals surface area contributed by atoms with E-state index in [4.69, 9.17) is 15.5 Å². The van der Waals surface area contributed by atoms with Crippen molar-refractivity contribution in [1.82, 2.24) is 19.8 Å². The van der Waals surface area contributed by atoms with Crippen LogP contribution in [0, 0.1) is 23.0 Å². The summed E-state index contributed by atoms with van der Waals surface area (Å²) in [5.74, 6) is -0.916. The molecule has 9 nitrogen and oxygen atoms in total. The van der Waals surface area contributed by atoms with Gasteiger partial charge < -0.3 is 20.3 Å². The smallest absolute Gasteiger partial charge is 0.319 e. The predicted molar refractivity (Wildman–Crippen MR) is 185 cm³/mol. The molecule has 4 aromatic rings. The number of hydrogen-bond donors (Lipinski definition) is 1. The second-order valence-corrected chi connectivity index (χ2v) is 14.2. The van der Waals surface area contributed by atoms with Crippen LogP contribution in [0.4, 0.5) is 24.0 Å². The van der Waals surface area contributed by atoms with Gasteiger partial charge in [0, 0.05) is 42.4 Å². The summed E-state index contributed by atoms with van der Waals surface area (Å²) in [5.41, 5.74) is 6.13. The van der Waals surface area contributed by atoms with Gasteiger partial charge in [0.25, 0.3) is 0 Å². The van der Waals surface area contributed by atoms with Crippen molar-refractivity contribution < 1.29 is 22.7 Å². The molecule has 3 aliphatic heterocycles. The van der Waals surface area contributed by atoms with E-state index in [0.717, 1.165) is 30.7 Å². The fourth-order valence-electron chi connectivity index (χ4n) is 8.42. The average molecular weight is 690 g/mol. The summed E-state index contributed by atoms with van der Waals surface area (Å²) in [5, 5.41) is 10.7. The van der Waals surface area contributed by atoms with Crippen LogP contribution in [0.25, 0.3) is 32.1 Å². The Labute approximate surface area is 286 Å². The first-order valence-corrected chi connectivity index (χ1v) is 17.6. The number of nitrogens with zero attached hydrogens (tertiary/aromatic N) is 6. The zero-order chi connectivity index (χ0) is 34.6. The van der Waals surface area contributed by atoms with E-state index in [1.807, 2.05) is 18.7 Å². The van der Waals surface area contributed by atoms with Crippen LogP contribution in [0.2, 0.25) is 0 Å². The monoisotopic (exact) mass is 689 g/mol. The Morgan fingerprint density at radius 1 is 1.24 bits per heavy atom. The number of nitrogens with two attached hydrogens (primary N) is 1. The van der Waals surface area contributed by atoms with Gasteiger partial charge >= 0.3 is 6.01 Å². The zero-order valence-electron chi connectivity index (χ0n) is 27.5. The largest absolute Gasteiger partial charge is 0.461 e. The van der Waals surface area contributed by atoms with Crippen molar-refractivity contribution in [3.05, 3.63) is 54.1 Å². The molecule has 0 bridgehead atoms. The van der Waals surface area contributed by atoms with Gasteiger partial charge in [-0.2, -0.15) is 15.2 Å². The van der Waals surface area contributed by atoms with Crippen LogP contribution in [0.5, 0.6) is 6.01 Å². The second kappa shape index (κ2) is 12.8. The van der Waals surface area contributed by atoms with Gasteiger partial charge in [-0.3, -0.25) is 9.69 Å². The normalized spacial score (nSPS) is 23.7. The Bertz CT molecular complexity index is 2010. The molecule has 7 rings (SSSR count). The summed E-state index contributed by atoms with van der Waals surface area (Å²) < 4.78 is 52.9. The minimum absolute atomic E-state index is 0.00392. The Morgan fingerprint density at radius 2 is 2.04 bits per heavy atom. The number of likely N-dealkylation sites (N-methyl/N-ethyl adjacent to an activating group) is 1. The first kappa shape index (κ1) is 33.1. The highest BCUT2D eigenvalue weighted by atomic mass is 32.1. The van der Waals surface area contributed by atoms with Gasteiger partial charge in [-0.1, -0.05) is 25.6 Å². The van der Waals surface area contributed by atoms with Gasteiger partial charge in [0.1, 0.15) is 41.0 Å². The van der Waals surface area contributed by atoms with E-state index in [-0.39, 0.29) is 62.3 Å². The lowest BCUT2D eigenvalue weighted by Crippen LogP contribution is -2.47. The van der Waals surface area contributed by atoms with Gasteiger partial charge in [0.2, 0.25) is 5.91 Å². The summed E-state index contributed by atoms with van der Waals surface area (Å²) in [7, 11) is 0. The topological polar surface area (TPSA) is 112 Å². The number of fused-ring (bicyclic) bond motifs is 3. The summed E-state index contributed by atoms with van der Waals surface area (Å²) in [6, 6.07) is 7.78. The fourth-order valence-corrected chi connectivity index (χ4v) is 9.36. The van der Waals surface area contributed by atoms with Gasteiger partial charge in [-0.25, -0.2) is 13.2 Å². The summed E-state index contributed by atoms with van der Waals surface area (Å²) in [6.07, 6.45) is 3.82. The number of anilines is 2. The van der Waals surface area contributed by atoms with Gasteiger partial charge in [0.05, 0.1) is 27.9 Å². The number of nitrogen functional groups attached to an aromatic ring is 1. The number of likely N-dealkylation sites (tertiary alicyclic amines) is 1. The number of aromatic nitrogens is 2. The van der Waals surface area contributed by atoms with Crippen molar-refractivity contribution in [1.29, 1.82) is 5.26 Å². The van der Waals surface area contributed by atoms with E-state index >= 15 is 4.39 Å². The average Bonchev–Trinajstić information content (AvgIpc) is 3.85. The van der Waals surface area contributed by atoms with E-state index in [1.54, 1.807) is 12.1 Å². The Hall–Kier alpha value is -4.41. The predicted octanol–water partition coefficient (Wildman–Crippen LogP) is 6.59. The lowest BCUT2D eigenvalue weighted by molar-refractivity contribution is -0.126. The number of carbonyl (C=O) groups is 1. The quantitative estimate of drug-likeness (QED) is 0.196.